The van der Waals surface area contributed by atoms with Gasteiger partial charge in [-0.1, -0.05) is 96.3 Å². The Labute approximate surface area is 252 Å². The van der Waals surface area contributed by atoms with Crippen LogP contribution in [0.15, 0.2) is 92.2 Å². The molecular formula is C37H45N5. The van der Waals surface area contributed by atoms with Crippen LogP contribution in [0.2, 0.25) is 0 Å². The number of hydrogen-bond acceptors (Lipinski definition) is 5. The molecule has 42 heavy (non-hydrogen) atoms. The normalized spacial score (nSPS) is 11.2. The van der Waals surface area contributed by atoms with Crippen molar-refractivity contribution in [2.24, 2.45) is 0 Å². The number of nitrogens with zero attached hydrogens (tertiary/aromatic N) is 3. The predicted octanol–water partition coefficient (Wildman–Crippen LogP) is 9.67. The maximum atomic E-state index is 4.85. The summed E-state index contributed by atoms with van der Waals surface area (Å²) in [5, 5.41) is 6.89. The van der Waals surface area contributed by atoms with E-state index in [1.807, 2.05) is 12.1 Å². The highest BCUT2D eigenvalue weighted by atomic mass is 15.1. The van der Waals surface area contributed by atoms with E-state index < -0.39 is 0 Å². The van der Waals surface area contributed by atoms with Crippen molar-refractivity contribution < 1.29 is 0 Å². The fraction of sp³-hybridized carbons (Fsp3) is 0.297. The van der Waals surface area contributed by atoms with Crippen molar-refractivity contribution in [3.05, 3.63) is 114 Å². The SMILES string of the molecule is C=C(Nc1cccc(-c2ccnc(Nc3ccc(C(=C)N(CCC)CCC)cc3)n2)c1C)c1ccc(C(C)(C)C)cc1. The molecule has 0 aliphatic rings. The highest BCUT2D eigenvalue weighted by Crippen LogP contribution is 2.31. The largest absolute Gasteiger partial charge is 0.372 e. The quantitative estimate of drug-likeness (QED) is 0.181. The summed E-state index contributed by atoms with van der Waals surface area (Å²) in [6, 6.07) is 25.1. The molecule has 0 radical (unpaired) electrons. The Morgan fingerprint density at radius 2 is 1.48 bits per heavy atom. The third-order valence-electron chi connectivity index (χ3n) is 7.49. The summed E-state index contributed by atoms with van der Waals surface area (Å²) >= 11 is 0. The molecule has 0 aliphatic carbocycles. The first-order chi connectivity index (χ1) is 20.1. The molecule has 1 heterocycles. The minimum atomic E-state index is 0.118. The van der Waals surface area contributed by atoms with Crippen LogP contribution in [0.1, 0.15) is 69.7 Å². The van der Waals surface area contributed by atoms with Gasteiger partial charge in [-0.2, -0.15) is 0 Å². The highest BCUT2D eigenvalue weighted by Gasteiger charge is 2.14. The van der Waals surface area contributed by atoms with E-state index >= 15 is 0 Å². The van der Waals surface area contributed by atoms with E-state index in [0.29, 0.717) is 5.95 Å². The van der Waals surface area contributed by atoms with Gasteiger partial charge in [-0.15, -0.1) is 0 Å². The van der Waals surface area contributed by atoms with Crippen molar-refractivity contribution in [1.29, 1.82) is 0 Å². The number of nitrogens with one attached hydrogen (secondary N) is 2. The summed E-state index contributed by atoms with van der Waals surface area (Å²) < 4.78 is 0. The van der Waals surface area contributed by atoms with E-state index in [9.17, 15) is 0 Å². The van der Waals surface area contributed by atoms with Gasteiger partial charge in [0.25, 0.3) is 0 Å². The second-order valence-electron chi connectivity index (χ2n) is 11.8. The first kappa shape index (κ1) is 30.6. The maximum absolute atomic E-state index is 4.85. The first-order valence-corrected chi connectivity index (χ1v) is 14.9. The molecular weight excluding hydrogens is 514 g/mol. The molecule has 5 heteroatoms. The standard InChI is InChI=1S/C37H45N5/c1-9-24-42(25-10-2)28(5)30-16-20-32(21-17-30)40-36-38-23-22-35(41-36)33-12-11-13-34(26(33)3)39-27(4)29-14-18-31(19-15-29)37(6,7)8/h11-23,39H,4-5,9-10,24-25H2,1-3,6-8H3,(H,38,40,41). The van der Waals surface area contributed by atoms with E-state index in [2.05, 4.69) is 136 Å². The Kier molecular flexibility index (Phi) is 9.84. The summed E-state index contributed by atoms with van der Waals surface area (Å²) in [5.41, 5.74) is 10.5. The number of anilines is 3. The Balaban J connectivity index is 1.48. The molecule has 1 aromatic heterocycles. The maximum Gasteiger partial charge on any atom is 0.227 e. The molecule has 0 spiro atoms. The molecule has 2 N–H and O–H groups in total. The Morgan fingerprint density at radius 3 is 2.10 bits per heavy atom. The monoisotopic (exact) mass is 559 g/mol. The van der Waals surface area contributed by atoms with Crippen molar-refractivity contribution in [2.45, 2.75) is 59.8 Å². The molecule has 0 atom stereocenters. The van der Waals surface area contributed by atoms with Gasteiger partial charge in [0, 0.05) is 47.6 Å². The van der Waals surface area contributed by atoms with Gasteiger partial charge in [0.1, 0.15) is 0 Å². The summed E-state index contributed by atoms with van der Waals surface area (Å²) in [7, 11) is 0. The summed E-state index contributed by atoms with van der Waals surface area (Å²) in [4.78, 5) is 11.7. The van der Waals surface area contributed by atoms with Crippen molar-refractivity contribution in [3.8, 4) is 11.3 Å². The second kappa shape index (κ2) is 13.5. The zero-order chi connectivity index (χ0) is 30.3. The fourth-order valence-electron chi connectivity index (χ4n) is 5.00. The minimum absolute atomic E-state index is 0.118. The molecule has 0 aliphatic heterocycles. The van der Waals surface area contributed by atoms with E-state index in [0.717, 1.165) is 76.6 Å². The predicted molar refractivity (Wildman–Crippen MR) is 181 cm³/mol. The zero-order valence-corrected chi connectivity index (χ0v) is 26.1. The summed E-state index contributed by atoms with van der Waals surface area (Å²) in [6.45, 7) is 23.9. The van der Waals surface area contributed by atoms with Crippen LogP contribution in [0, 0.1) is 6.92 Å². The molecule has 0 saturated carbocycles. The van der Waals surface area contributed by atoms with Crippen molar-refractivity contribution in [3.63, 3.8) is 0 Å². The van der Waals surface area contributed by atoms with Gasteiger partial charge < -0.3 is 15.5 Å². The zero-order valence-electron chi connectivity index (χ0n) is 26.1. The molecule has 0 bridgehead atoms. The van der Waals surface area contributed by atoms with Crippen LogP contribution in [0.3, 0.4) is 0 Å². The molecule has 0 saturated heterocycles. The molecule has 4 rings (SSSR count). The topological polar surface area (TPSA) is 53.1 Å². The molecule has 3 aromatic carbocycles. The number of benzene rings is 3. The first-order valence-electron chi connectivity index (χ1n) is 14.9. The number of rotatable bonds is 12. The Hall–Kier alpha value is -4.38. The third-order valence-corrected chi connectivity index (χ3v) is 7.49. The van der Waals surface area contributed by atoms with Crippen LogP contribution in [0.4, 0.5) is 17.3 Å². The average molecular weight is 560 g/mol. The van der Waals surface area contributed by atoms with Gasteiger partial charge in [0.05, 0.1) is 5.69 Å². The minimum Gasteiger partial charge on any atom is -0.372 e. The van der Waals surface area contributed by atoms with Gasteiger partial charge in [-0.3, -0.25) is 0 Å². The number of hydrogen-bond donors (Lipinski definition) is 2. The van der Waals surface area contributed by atoms with Crippen LogP contribution in [0.25, 0.3) is 22.7 Å². The van der Waals surface area contributed by atoms with E-state index in [4.69, 9.17) is 4.98 Å². The van der Waals surface area contributed by atoms with Crippen molar-refractivity contribution in [1.82, 2.24) is 14.9 Å². The average Bonchev–Trinajstić information content (AvgIpc) is 2.98. The van der Waals surface area contributed by atoms with Crippen molar-refractivity contribution in [2.75, 3.05) is 23.7 Å². The molecule has 0 fully saturated rings. The van der Waals surface area contributed by atoms with Crippen molar-refractivity contribution >= 4 is 28.7 Å². The number of aromatic nitrogens is 2. The van der Waals surface area contributed by atoms with E-state index in [1.54, 1.807) is 6.20 Å². The summed E-state index contributed by atoms with van der Waals surface area (Å²) in [6.07, 6.45) is 4.00. The van der Waals surface area contributed by atoms with Gasteiger partial charge in [-0.05, 0) is 71.7 Å². The third kappa shape index (κ3) is 7.47. The van der Waals surface area contributed by atoms with Gasteiger partial charge in [0.2, 0.25) is 5.95 Å². The van der Waals surface area contributed by atoms with E-state index in [-0.39, 0.29) is 5.41 Å². The van der Waals surface area contributed by atoms with Crippen LogP contribution in [0.5, 0.6) is 0 Å². The van der Waals surface area contributed by atoms with Gasteiger partial charge in [-0.25, -0.2) is 9.97 Å². The molecule has 0 unspecified atom stereocenters. The van der Waals surface area contributed by atoms with Crippen LogP contribution in [-0.2, 0) is 5.41 Å². The molecule has 218 valence electrons. The second-order valence-corrected chi connectivity index (χ2v) is 11.8. The van der Waals surface area contributed by atoms with Crippen LogP contribution < -0.4 is 10.6 Å². The smallest absolute Gasteiger partial charge is 0.227 e. The summed E-state index contributed by atoms with van der Waals surface area (Å²) in [5.74, 6) is 0.554. The Bertz CT molecular complexity index is 1510. The van der Waals surface area contributed by atoms with Crippen LogP contribution in [-0.4, -0.2) is 28.0 Å². The molecule has 0 amide bonds. The van der Waals surface area contributed by atoms with Gasteiger partial charge >= 0.3 is 0 Å². The van der Waals surface area contributed by atoms with Crippen LogP contribution >= 0.6 is 0 Å². The lowest BCUT2D eigenvalue weighted by atomic mass is 9.86. The fourth-order valence-corrected chi connectivity index (χ4v) is 5.00. The van der Waals surface area contributed by atoms with Gasteiger partial charge in [0.15, 0.2) is 0 Å². The lowest BCUT2D eigenvalue weighted by Crippen LogP contribution is -2.23. The van der Waals surface area contributed by atoms with E-state index in [1.165, 1.54) is 5.56 Å². The lowest BCUT2D eigenvalue weighted by Gasteiger charge is -2.26. The molecule has 5 nitrogen and oxygen atoms in total. The lowest BCUT2D eigenvalue weighted by molar-refractivity contribution is 0.397. The molecule has 4 aromatic rings. The highest BCUT2D eigenvalue weighted by molar-refractivity contribution is 5.81. The Morgan fingerprint density at radius 1 is 0.833 bits per heavy atom.